The molecule has 0 unspecified atom stereocenters. The molecule has 0 saturated heterocycles. The first-order valence-electron chi connectivity index (χ1n) is 6.62. The van der Waals surface area contributed by atoms with E-state index in [0.717, 1.165) is 10.9 Å². The van der Waals surface area contributed by atoms with Gasteiger partial charge in [0, 0.05) is 10.9 Å². The number of carbonyl (C=O) groups is 1. The van der Waals surface area contributed by atoms with Gasteiger partial charge in [-0.3, -0.25) is 4.79 Å². The average Bonchev–Trinajstić information content (AvgIpc) is 3.11. The van der Waals surface area contributed by atoms with Crippen LogP contribution in [0.1, 0.15) is 16.2 Å². The Morgan fingerprint density at radius 2 is 2.24 bits per heavy atom. The number of amides is 1. The molecule has 0 fully saturated rings. The van der Waals surface area contributed by atoms with Crippen LogP contribution in [0.15, 0.2) is 36.5 Å². The fourth-order valence-corrected chi connectivity index (χ4v) is 2.09. The third kappa shape index (κ3) is 2.92. The van der Waals surface area contributed by atoms with Crippen molar-refractivity contribution in [3.05, 3.63) is 47.9 Å². The van der Waals surface area contributed by atoms with Gasteiger partial charge in [0.1, 0.15) is 11.4 Å². The maximum absolute atomic E-state index is 12.1. The normalized spacial score (nSPS) is 10.9. The molecule has 0 atom stereocenters. The number of aromatic nitrogens is 4. The van der Waals surface area contributed by atoms with Gasteiger partial charge in [0.15, 0.2) is 0 Å². The number of nitrogens with one attached hydrogen (secondary N) is 2. The highest BCUT2D eigenvalue weighted by atomic mass is 16.3. The Morgan fingerprint density at radius 3 is 3.05 bits per heavy atom. The van der Waals surface area contributed by atoms with Crippen molar-refractivity contribution in [3.63, 3.8) is 0 Å². The number of hydrogen-bond acceptors (Lipinski definition) is 4. The van der Waals surface area contributed by atoms with E-state index < -0.39 is 0 Å². The molecule has 0 aliphatic heterocycles. The lowest BCUT2D eigenvalue weighted by molar-refractivity contribution is 0.0946. The van der Waals surface area contributed by atoms with Gasteiger partial charge in [-0.15, -0.1) is 5.10 Å². The quantitative estimate of drug-likeness (QED) is 0.642. The molecule has 1 aromatic carbocycles. The van der Waals surface area contributed by atoms with Crippen LogP contribution in [-0.4, -0.2) is 37.6 Å². The van der Waals surface area contributed by atoms with E-state index in [4.69, 9.17) is 5.11 Å². The fraction of sp³-hybridized carbons (Fsp3) is 0.214. The molecule has 0 aliphatic rings. The number of hydrogen-bond donors (Lipinski definition) is 3. The van der Waals surface area contributed by atoms with E-state index in [9.17, 15) is 4.79 Å². The Kier molecular flexibility index (Phi) is 3.65. The second kappa shape index (κ2) is 5.76. The minimum Gasteiger partial charge on any atom is -0.394 e. The van der Waals surface area contributed by atoms with E-state index in [2.05, 4.69) is 20.6 Å². The summed E-state index contributed by atoms with van der Waals surface area (Å²) in [5, 5.41) is 20.3. The molecule has 0 bridgehead atoms. The molecule has 0 saturated carbocycles. The molecular formula is C14H15N5O2. The number of H-pyrrole nitrogens is 1. The van der Waals surface area contributed by atoms with Crippen LogP contribution in [0.2, 0.25) is 0 Å². The van der Waals surface area contributed by atoms with Crippen LogP contribution < -0.4 is 5.32 Å². The maximum Gasteiger partial charge on any atom is 0.268 e. The van der Waals surface area contributed by atoms with Crippen molar-refractivity contribution in [2.24, 2.45) is 0 Å². The monoisotopic (exact) mass is 285 g/mol. The number of aliphatic hydroxyl groups is 1. The van der Waals surface area contributed by atoms with Crippen molar-refractivity contribution in [1.82, 2.24) is 25.3 Å². The number of nitrogens with zero attached hydrogens (tertiary/aromatic N) is 3. The highest BCUT2D eigenvalue weighted by Gasteiger charge is 2.10. The standard InChI is InChI=1S/C14H15N5O2/c20-6-5-19-9-11(17-18-19)8-15-14(21)13-7-10-3-1-2-4-12(10)16-13/h1-4,7,9,16,20H,5-6,8H2,(H,15,21). The summed E-state index contributed by atoms with van der Waals surface area (Å²) in [6.45, 7) is 0.687. The molecule has 2 heterocycles. The minimum absolute atomic E-state index is 0.00419. The molecular weight excluding hydrogens is 270 g/mol. The van der Waals surface area contributed by atoms with Crippen molar-refractivity contribution in [1.29, 1.82) is 0 Å². The third-order valence-corrected chi connectivity index (χ3v) is 3.12. The number of fused-ring (bicyclic) bond motifs is 1. The van der Waals surface area contributed by atoms with Gasteiger partial charge in [-0.05, 0) is 12.1 Å². The molecule has 0 spiro atoms. The molecule has 108 valence electrons. The lowest BCUT2D eigenvalue weighted by Crippen LogP contribution is -2.23. The van der Waals surface area contributed by atoms with Gasteiger partial charge in [0.2, 0.25) is 0 Å². The van der Waals surface area contributed by atoms with Gasteiger partial charge in [-0.2, -0.15) is 0 Å². The molecule has 0 aliphatic carbocycles. The zero-order chi connectivity index (χ0) is 14.7. The van der Waals surface area contributed by atoms with Crippen molar-refractivity contribution in [2.45, 2.75) is 13.1 Å². The van der Waals surface area contributed by atoms with E-state index in [-0.39, 0.29) is 12.5 Å². The highest BCUT2D eigenvalue weighted by molar-refractivity contribution is 5.97. The smallest absolute Gasteiger partial charge is 0.268 e. The molecule has 7 heteroatoms. The third-order valence-electron chi connectivity index (χ3n) is 3.12. The predicted molar refractivity (Wildman–Crippen MR) is 76.6 cm³/mol. The molecule has 21 heavy (non-hydrogen) atoms. The van der Waals surface area contributed by atoms with Crippen molar-refractivity contribution in [3.8, 4) is 0 Å². The van der Waals surface area contributed by atoms with Crippen LogP contribution >= 0.6 is 0 Å². The van der Waals surface area contributed by atoms with Crippen LogP contribution in [0.3, 0.4) is 0 Å². The maximum atomic E-state index is 12.1. The highest BCUT2D eigenvalue weighted by Crippen LogP contribution is 2.14. The Morgan fingerprint density at radius 1 is 1.38 bits per heavy atom. The molecule has 3 N–H and O–H groups in total. The summed E-state index contributed by atoms with van der Waals surface area (Å²) in [5.41, 5.74) is 2.09. The van der Waals surface area contributed by atoms with Gasteiger partial charge in [0.05, 0.1) is 25.9 Å². The zero-order valence-electron chi connectivity index (χ0n) is 11.3. The van der Waals surface area contributed by atoms with Gasteiger partial charge in [-0.1, -0.05) is 23.4 Å². The number of aliphatic hydroxyl groups excluding tert-OH is 1. The van der Waals surface area contributed by atoms with Crippen LogP contribution in [0.5, 0.6) is 0 Å². The summed E-state index contributed by atoms with van der Waals surface area (Å²) >= 11 is 0. The number of rotatable bonds is 5. The van der Waals surface area contributed by atoms with E-state index in [1.165, 1.54) is 4.68 Å². The van der Waals surface area contributed by atoms with E-state index in [1.54, 1.807) is 6.20 Å². The SMILES string of the molecule is O=C(NCc1cn(CCO)nn1)c1cc2ccccc2[nH]1. The minimum atomic E-state index is -0.192. The lowest BCUT2D eigenvalue weighted by atomic mass is 10.2. The van der Waals surface area contributed by atoms with Gasteiger partial charge in [0.25, 0.3) is 5.91 Å². The molecule has 1 amide bonds. The topological polar surface area (TPSA) is 95.8 Å². The van der Waals surface area contributed by atoms with Crippen LogP contribution in [0.4, 0.5) is 0 Å². The van der Waals surface area contributed by atoms with Gasteiger partial charge >= 0.3 is 0 Å². The first kappa shape index (κ1) is 13.3. The van der Waals surface area contributed by atoms with Crippen LogP contribution in [0, 0.1) is 0 Å². The summed E-state index contributed by atoms with van der Waals surface area (Å²) in [6.07, 6.45) is 1.70. The second-order valence-electron chi connectivity index (χ2n) is 4.65. The summed E-state index contributed by atoms with van der Waals surface area (Å²) in [5.74, 6) is -0.192. The van der Waals surface area contributed by atoms with Gasteiger partial charge < -0.3 is 15.4 Å². The van der Waals surface area contributed by atoms with Crippen molar-refractivity contribution >= 4 is 16.8 Å². The summed E-state index contributed by atoms with van der Waals surface area (Å²) < 4.78 is 1.53. The molecule has 3 aromatic rings. The number of para-hydroxylation sites is 1. The first-order valence-corrected chi connectivity index (χ1v) is 6.62. The van der Waals surface area contributed by atoms with Crippen LogP contribution in [0.25, 0.3) is 10.9 Å². The predicted octanol–water partition coefficient (Wildman–Crippen LogP) is 0.682. The summed E-state index contributed by atoms with van der Waals surface area (Å²) in [6, 6.07) is 9.53. The fourth-order valence-electron chi connectivity index (χ4n) is 2.09. The molecule has 7 nitrogen and oxygen atoms in total. The first-order chi connectivity index (χ1) is 10.3. The Labute approximate surface area is 120 Å². The lowest BCUT2D eigenvalue weighted by Gasteiger charge is -2.00. The van der Waals surface area contributed by atoms with E-state index in [1.807, 2.05) is 30.3 Å². The molecule has 2 aromatic heterocycles. The number of aromatic amines is 1. The Bertz CT molecular complexity index is 728. The second-order valence-corrected chi connectivity index (χ2v) is 4.65. The molecule has 0 radical (unpaired) electrons. The summed E-state index contributed by atoms with van der Waals surface area (Å²) in [4.78, 5) is 15.2. The van der Waals surface area contributed by atoms with E-state index >= 15 is 0 Å². The van der Waals surface area contributed by atoms with Crippen LogP contribution in [-0.2, 0) is 13.1 Å². The molecule has 3 rings (SSSR count). The van der Waals surface area contributed by atoms with E-state index in [0.29, 0.717) is 24.5 Å². The van der Waals surface area contributed by atoms with Gasteiger partial charge in [-0.25, -0.2) is 4.68 Å². The van der Waals surface area contributed by atoms with Crippen molar-refractivity contribution < 1.29 is 9.90 Å². The Balaban J connectivity index is 1.65. The number of carbonyl (C=O) groups excluding carboxylic acids is 1. The largest absolute Gasteiger partial charge is 0.394 e. The van der Waals surface area contributed by atoms with Crippen molar-refractivity contribution in [2.75, 3.05) is 6.61 Å². The summed E-state index contributed by atoms with van der Waals surface area (Å²) in [7, 11) is 0. The average molecular weight is 285 g/mol. The zero-order valence-corrected chi connectivity index (χ0v) is 11.3. The Hall–Kier alpha value is -2.67. The number of benzene rings is 1.